The predicted molar refractivity (Wildman–Crippen MR) is 48.4 cm³/mol. The molecule has 0 bridgehead atoms. The molecule has 0 N–H and O–H groups in total. The first-order valence-electron chi connectivity index (χ1n) is 3.45. The van der Waals surface area contributed by atoms with E-state index in [1.165, 1.54) is 12.1 Å². The van der Waals surface area contributed by atoms with Crippen molar-refractivity contribution < 1.29 is 4.39 Å². The number of aryl methyl sites for hydroxylation is 1. The molecular formula is C8H6BrFN2. The molecule has 0 saturated carbocycles. The summed E-state index contributed by atoms with van der Waals surface area (Å²) in [5.41, 5.74) is 0.671. The minimum atomic E-state index is -0.270. The summed E-state index contributed by atoms with van der Waals surface area (Å²) in [5.74, 6) is -0.270. The molecule has 0 unspecified atom stereocenters. The Balaban J connectivity index is 2.88. The average Bonchev–Trinajstić information content (AvgIpc) is 2.29. The average molecular weight is 229 g/mol. The van der Waals surface area contributed by atoms with Crippen molar-refractivity contribution >= 4 is 26.8 Å². The van der Waals surface area contributed by atoms with E-state index in [0.717, 1.165) is 9.86 Å². The van der Waals surface area contributed by atoms with Crippen LogP contribution in [0.1, 0.15) is 0 Å². The van der Waals surface area contributed by atoms with Crippen molar-refractivity contribution in [3.05, 3.63) is 28.6 Å². The highest BCUT2D eigenvalue weighted by molar-refractivity contribution is 9.10. The van der Waals surface area contributed by atoms with Crippen LogP contribution in [0.25, 0.3) is 10.9 Å². The van der Waals surface area contributed by atoms with E-state index in [4.69, 9.17) is 0 Å². The summed E-state index contributed by atoms with van der Waals surface area (Å²) in [6.07, 6.45) is 1.85. The minimum Gasteiger partial charge on any atom is -0.275 e. The molecule has 0 amide bonds. The molecular weight excluding hydrogens is 223 g/mol. The van der Waals surface area contributed by atoms with Gasteiger partial charge < -0.3 is 0 Å². The van der Waals surface area contributed by atoms with Gasteiger partial charge in [0.1, 0.15) is 5.82 Å². The molecule has 4 heteroatoms. The summed E-state index contributed by atoms with van der Waals surface area (Å²) in [4.78, 5) is 0. The van der Waals surface area contributed by atoms with Crippen LogP contribution in [-0.2, 0) is 7.05 Å². The Labute approximate surface area is 77.1 Å². The van der Waals surface area contributed by atoms with Crippen LogP contribution in [0, 0.1) is 5.82 Å². The topological polar surface area (TPSA) is 17.8 Å². The van der Waals surface area contributed by atoms with Gasteiger partial charge in [0.25, 0.3) is 0 Å². The van der Waals surface area contributed by atoms with E-state index in [1.807, 2.05) is 13.2 Å². The van der Waals surface area contributed by atoms with Gasteiger partial charge in [-0.1, -0.05) is 0 Å². The standard InChI is InChI=1S/C8H6BrFN2/c1-12-4-6-7(9)2-5(10)3-8(6)11-12/h2-4H,1H3. The number of hydrogen-bond acceptors (Lipinski definition) is 1. The van der Waals surface area contributed by atoms with Gasteiger partial charge in [0, 0.05) is 29.2 Å². The van der Waals surface area contributed by atoms with Crippen molar-refractivity contribution in [1.29, 1.82) is 0 Å². The molecule has 1 heterocycles. The first kappa shape index (κ1) is 7.73. The number of halogens is 2. The number of fused-ring (bicyclic) bond motifs is 1. The lowest BCUT2D eigenvalue weighted by atomic mass is 10.2. The summed E-state index contributed by atoms with van der Waals surface area (Å²) in [6, 6.07) is 2.85. The summed E-state index contributed by atoms with van der Waals surface area (Å²) in [6.45, 7) is 0. The van der Waals surface area contributed by atoms with Crippen molar-refractivity contribution in [2.75, 3.05) is 0 Å². The molecule has 1 aromatic carbocycles. The quantitative estimate of drug-likeness (QED) is 0.678. The largest absolute Gasteiger partial charge is 0.275 e. The van der Waals surface area contributed by atoms with Gasteiger partial charge >= 0.3 is 0 Å². The van der Waals surface area contributed by atoms with E-state index in [0.29, 0.717) is 5.52 Å². The fourth-order valence-corrected chi connectivity index (χ4v) is 1.69. The summed E-state index contributed by atoms with van der Waals surface area (Å²) in [7, 11) is 1.81. The summed E-state index contributed by atoms with van der Waals surface area (Å²) < 4.78 is 15.2. The maximum absolute atomic E-state index is 12.8. The fraction of sp³-hybridized carbons (Fsp3) is 0.125. The number of aromatic nitrogens is 2. The van der Waals surface area contributed by atoms with E-state index >= 15 is 0 Å². The number of nitrogens with zero attached hydrogens (tertiary/aromatic N) is 2. The molecule has 12 heavy (non-hydrogen) atoms. The highest BCUT2D eigenvalue weighted by Gasteiger charge is 2.04. The Hall–Kier alpha value is -0.900. The second-order valence-corrected chi connectivity index (χ2v) is 3.48. The molecule has 0 aliphatic rings. The third-order valence-electron chi connectivity index (χ3n) is 1.65. The summed E-state index contributed by atoms with van der Waals surface area (Å²) >= 11 is 3.27. The lowest BCUT2D eigenvalue weighted by Crippen LogP contribution is -1.84. The van der Waals surface area contributed by atoms with Crippen LogP contribution in [0.4, 0.5) is 4.39 Å². The molecule has 0 spiro atoms. The van der Waals surface area contributed by atoms with Crippen molar-refractivity contribution in [3.8, 4) is 0 Å². The monoisotopic (exact) mass is 228 g/mol. The van der Waals surface area contributed by atoms with Gasteiger partial charge in [0.15, 0.2) is 0 Å². The second-order valence-electron chi connectivity index (χ2n) is 2.62. The number of benzene rings is 1. The van der Waals surface area contributed by atoms with Crippen molar-refractivity contribution in [2.24, 2.45) is 7.05 Å². The van der Waals surface area contributed by atoms with Gasteiger partial charge in [-0.25, -0.2) is 4.39 Å². The molecule has 2 aromatic rings. The van der Waals surface area contributed by atoms with Gasteiger partial charge in [-0.2, -0.15) is 5.10 Å². The van der Waals surface area contributed by atoms with Crippen molar-refractivity contribution in [2.45, 2.75) is 0 Å². The van der Waals surface area contributed by atoms with Gasteiger partial charge in [0.2, 0.25) is 0 Å². The Morgan fingerprint density at radius 3 is 3.00 bits per heavy atom. The smallest absolute Gasteiger partial charge is 0.126 e. The van der Waals surface area contributed by atoms with E-state index in [2.05, 4.69) is 21.0 Å². The van der Waals surface area contributed by atoms with Crippen molar-refractivity contribution in [1.82, 2.24) is 9.78 Å². The lowest BCUT2D eigenvalue weighted by molar-refractivity contribution is 0.628. The molecule has 2 nitrogen and oxygen atoms in total. The fourth-order valence-electron chi connectivity index (χ4n) is 1.17. The van der Waals surface area contributed by atoms with Crippen molar-refractivity contribution in [3.63, 3.8) is 0 Å². The molecule has 0 radical (unpaired) electrons. The lowest BCUT2D eigenvalue weighted by Gasteiger charge is -1.91. The maximum Gasteiger partial charge on any atom is 0.126 e. The van der Waals surface area contributed by atoms with Gasteiger partial charge in [-0.05, 0) is 22.0 Å². The zero-order valence-corrected chi connectivity index (χ0v) is 7.97. The first-order chi connectivity index (χ1) is 5.66. The molecule has 0 fully saturated rings. The van der Waals surface area contributed by atoms with Crippen LogP contribution in [0.3, 0.4) is 0 Å². The highest BCUT2D eigenvalue weighted by atomic mass is 79.9. The molecule has 1 aromatic heterocycles. The SMILES string of the molecule is Cn1cc2c(Br)cc(F)cc2n1. The summed E-state index contributed by atoms with van der Waals surface area (Å²) in [5, 5.41) is 5.01. The van der Waals surface area contributed by atoms with Crippen LogP contribution < -0.4 is 0 Å². The van der Waals surface area contributed by atoms with Gasteiger partial charge in [-0.3, -0.25) is 4.68 Å². The van der Waals surface area contributed by atoms with Crippen LogP contribution in [0.15, 0.2) is 22.8 Å². The molecule has 0 aliphatic carbocycles. The second kappa shape index (κ2) is 2.55. The third-order valence-corrected chi connectivity index (χ3v) is 2.31. The Morgan fingerprint density at radius 1 is 1.50 bits per heavy atom. The Kier molecular flexibility index (Phi) is 1.65. The first-order valence-corrected chi connectivity index (χ1v) is 4.24. The van der Waals surface area contributed by atoms with Gasteiger partial charge in [-0.15, -0.1) is 0 Å². The molecule has 0 aliphatic heterocycles. The molecule has 0 atom stereocenters. The maximum atomic E-state index is 12.8. The third kappa shape index (κ3) is 1.12. The van der Waals surface area contributed by atoms with E-state index in [9.17, 15) is 4.39 Å². The number of rotatable bonds is 0. The zero-order valence-electron chi connectivity index (χ0n) is 6.38. The van der Waals surface area contributed by atoms with Gasteiger partial charge in [0.05, 0.1) is 5.52 Å². The van der Waals surface area contributed by atoms with Crippen LogP contribution in [0.2, 0.25) is 0 Å². The van der Waals surface area contributed by atoms with E-state index < -0.39 is 0 Å². The van der Waals surface area contributed by atoms with Crippen LogP contribution in [-0.4, -0.2) is 9.78 Å². The van der Waals surface area contributed by atoms with E-state index in [-0.39, 0.29) is 5.82 Å². The normalized spacial score (nSPS) is 10.9. The molecule has 0 saturated heterocycles. The molecule has 2 rings (SSSR count). The number of hydrogen-bond donors (Lipinski definition) is 0. The minimum absolute atomic E-state index is 0.270. The van der Waals surface area contributed by atoms with Crippen LogP contribution in [0.5, 0.6) is 0 Å². The zero-order chi connectivity index (χ0) is 8.72. The molecule has 62 valence electrons. The highest BCUT2D eigenvalue weighted by Crippen LogP contribution is 2.23. The predicted octanol–water partition coefficient (Wildman–Crippen LogP) is 2.47. The Morgan fingerprint density at radius 2 is 2.25 bits per heavy atom. The van der Waals surface area contributed by atoms with Crippen LogP contribution >= 0.6 is 15.9 Å². The Bertz CT molecular complexity index is 436. The van der Waals surface area contributed by atoms with E-state index in [1.54, 1.807) is 4.68 Å².